The molecule has 0 aliphatic rings. The maximum Gasteiger partial charge on any atom is 0.476 e. The van der Waals surface area contributed by atoms with Gasteiger partial charge >= 0.3 is 15.4 Å². The summed E-state index contributed by atoms with van der Waals surface area (Å²) in [6.45, 7) is 0. The minimum Gasteiger partial charge on any atom is -0.324 e. The Morgan fingerprint density at radius 2 is 1.62 bits per heavy atom. The number of benzene rings is 1. The topological polar surface area (TPSA) is 104 Å². The van der Waals surface area contributed by atoms with Gasteiger partial charge in [-0.05, 0) is 12.0 Å². The van der Waals surface area contributed by atoms with E-state index < -0.39 is 15.4 Å². The monoisotopic (exact) mass is 266 g/mol. The summed E-state index contributed by atoms with van der Waals surface area (Å²) in [6.07, 6.45) is -0.114. The van der Waals surface area contributed by atoms with Gasteiger partial charge < -0.3 is 14.7 Å². The molecule has 0 radical (unpaired) electrons. The number of aryl methyl sites for hydroxylation is 1. The molecule has 0 fully saturated rings. The van der Waals surface area contributed by atoms with Crippen molar-refractivity contribution in [2.24, 2.45) is 0 Å². The van der Waals surface area contributed by atoms with E-state index in [0.29, 0.717) is 0 Å². The minimum atomic E-state index is -4.92. The van der Waals surface area contributed by atoms with Gasteiger partial charge in [-0.15, -0.1) is 0 Å². The van der Waals surface area contributed by atoms with Crippen LogP contribution in [0.25, 0.3) is 0 Å². The Balaban J connectivity index is 2.55. The zero-order valence-electron chi connectivity index (χ0n) is 8.26. The highest BCUT2D eigenvalue weighted by molar-refractivity contribution is 7.63. The molecule has 1 atom stereocenters. The van der Waals surface area contributed by atoms with Crippen LogP contribution in [-0.4, -0.2) is 20.8 Å². The van der Waals surface area contributed by atoms with Crippen LogP contribution in [0.5, 0.6) is 0 Å². The van der Waals surface area contributed by atoms with E-state index in [4.69, 9.17) is 14.7 Å². The Morgan fingerprint density at radius 1 is 1.06 bits per heavy atom. The average Bonchev–Trinajstić information content (AvgIpc) is 2.13. The Hall–Kier alpha value is -0.480. The molecule has 1 aromatic rings. The fraction of sp³-hybridized carbons (Fsp3) is 0.250. The van der Waals surface area contributed by atoms with Crippen LogP contribution in [0.15, 0.2) is 30.3 Å². The largest absolute Gasteiger partial charge is 0.476 e. The highest BCUT2D eigenvalue weighted by atomic mass is 31.3. The maximum absolute atomic E-state index is 11.2. The standard InChI is InChI=1S/C8H12O6P2/c9-15(10,14-16(11,12)13)7-6-8-4-2-1-3-5-8/h1-5H,6-7H2,(H,9,10)(H2,11,12,13). The Morgan fingerprint density at radius 3 is 2.12 bits per heavy atom. The quantitative estimate of drug-likeness (QED) is 0.698. The summed E-state index contributed by atoms with van der Waals surface area (Å²) >= 11 is 0. The van der Waals surface area contributed by atoms with Crippen LogP contribution in [0.1, 0.15) is 5.56 Å². The van der Waals surface area contributed by atoms with Crippen molar-refractivity contribution < 1.29 is 28.1 Å². The first-order valence-electron chi connectivity index (χ1n) is 4.41. The lowest BCUT2D eigenvalue weighted by molar-refractivity contribution is 0.263. The van der Waals surface area contributed by atoms with Crippen molar-refractivity contribution in [1.29, 1.82) is 0 Å². The molecule has 3 N–H and O–H groups in total. The zero-order valence-corrected chi connectivity index (χ0v) is 10.1. The first-order chi connectivity index (χ1) is 7.29. The van der Waals surface area contributed by atoms with Crippen molar-refractivity contribution in [2.75, 3.05) is 6.16 Å². The molecule has 90 valence electrons. The molecule has 0 aliphatic carbocycles. The zero-order chi connectivity index (χ0) is 12.2. The second-order valence-electron chi connectivity index (χ2n) is 3.17. The molecule has 8 heteroatoms. The number of rotatable bonds is 5. The van der Waals surface area contributed by atoms with Crippen LogP contribution >= 0.6 is 15.4 Å². The van der Waals surface area contributed by atoms with E-state index in [2.05, 4.69) is 4.31 Å². The molecule has 6 nitrogen and oxygen atoms in total. The summed E-state index contributed by atoms with van der Waals surface area (Å²) in [4.78, 5) is 26.0. The third-order valence-corrected chi connectivity index (χ3v) is 4.42. The van der Waals surface area contributed by atoms with Crippen LogP contribution in [0.4, 0.5) is 0 Å². The molecule has 1 unspecified atom stereocenters. The summed E-state index contributed by atoms with van der Waals surface area (Å²) in [6, 6.07) is 8.83. The second-order valence-corrected chi connectivity index (χ2v) is 6.53. The normalized spacial score (nSPS) is 15.7. The van der Waals surface area contributed by atoms with Crippen molar-refractivity contribution in [2.45, 2.75) is 6.42 Å². The van der Waals surface area contributed by atoms with E-state index in [1.807, 2.05) is 0 Å². The third kappa shape index (κ3) is 5.56. The first kappa shape index (κ1) is 13.6. The van der Waals surface area contributed by atoms with Gasteiger partial charge in [-0.3, -0.25) is 4.57 Å². The van der Waals surface area contributed by atoms with Crippen LogP contribution in [0.3, 0.4) is 0 Å². The van der Waals surface area contributed by atoms with Gasteiger partial charge in [0.25, 0.3) is 0 Å². The van der Waals surface area contributed by atoms with Gasteiger partial charge in [0.1, 0.15) is 0 Å². The summed E-state index contributed by atoms with van der Waals surface area (Å²) < 4.78 is 25.5. The lowest BCUT2D eigenvalue weighted by Crippen LogP contribution is -1.97. The van der Waals surface area contributed by atoms with Crippen LogP contribution in [0.2, 0.25) is 0 Å². The van der Waals surface area contributed by atoms with E-state index in [-0.39, 0.29) is 12.6 Å². The lowest BCUT2D eigenvalue weighted by atomic mass is 10.2. The summed E-state index contributed by atoms with van der Waals surface area (Å²) in [5.41, 5.74) is 0.797. The summed E-state index contributed by atoms with van der Waals surface area (Å²) in [5, 5.41) is 0. The number of phosphoric acid groups is 1. The van der Waals surface area contributed by atoms with Crippen LogP contribution in [0, 0.1) is 0 Å². The maximum atomic E-state index is 11.2. The first-order valence-corrected chi connectivity index (χ1v) is 7.70. The highest BCUT2D eigenvalue weighted by Gasteiger charge is 2.29. The van der Waals surface area contributed by atoms with Crippen LogP contribution < -0.4 is 0 Å². The number of hydrogen-bond donors (Lipinski definition) is 3. The molecule has 1 rings (SSSR count). The van der Waals surface area contributed by atoms with E-state index in [1.165, 1.54) is 0 Å². The van der Waals surface area contributed by atoms with E-state index in [1.54, 1.807) is 30.3 Å². The molecular formula is C8H12O6P2. The fourth-order valence-electron chi connectivity index (χ4n) is 1.12. The van der Waals surface area contributed by atoms with Crippen molar-refractivity contribution >= 4 is 15.4 Å². The lowest BCUT2D eigenvalue weighted by Gasteiger charge is -2.12. The van der Waals surface area contributed by atoms with Gasteiger partial charge in [0.05, 0.1) is 6.16 Å². The molecule has 0 bridgehead atoms. The van der Waals surface area contributed by atoms with Gasteiger partial charge in [-0.1, -0.05) is 30.3 Å². The SMILES string of the molecule is O=P(O)(O)OP(=O)(O)CCc1ccccc1. The van der Waals surface area contributed by atoms with E-state index >= 15 is 0 Å². The Labute approximate surface area is 92.7 Å². The minimum absolute atomic E-state index is 0.217. The van der Waals surface area contributed by atoms with E-state index in [0.717, 1.165) is 5.56 Å². The van der Waals surface area contributed by atoms with Gasteiger partial charge in [-0.2, -0.15) is 0 Å². The Kier molecular flexibility index (Phi) is 4.44. The predicted octanol–water partition coefficient (Wildman–Crippen LogP) is 1.52. The fourth-order valence-corrected chi connectivity index (χ4v) is 3.32. The number of hydrogen-bond acceptors (Lipinski definition) is 3. The van der Waals surface area contributed by atoms with Gasteiger partial charge in [0, 0.05) is 0 Å². The van der Waals surface area contributed by atoms with Crippen molar-refractivity contribution in [3.05, 3.63) is 35.9 Å². The smallest absolute Gasteiger partial charge is 0.324 e. The Bertz CT molecular complexity index is 425. The van der Waals surface area contributed by atoms with Gasteiger partial charge in [0.2, 0.25) is 0 Å². The molecule has 0 aliphatic heterocycles. The van der Waals surface area contributed by atoms with Gasteiger partial charge in [0.15, 0.2) is 0 Å². The van der Waals surface area contributed by atoms with Crippen molar-refractivity contribution in [3.8, 4) is 0 Å². The van der Waals surface area contributed by atoms with E-state index in [9.17, 15) is 9.13 Å². The second kappa shape index (κ2) is 5.23. The van der Waals surface area contributed by atoms with Crippen molar-refractivity contribution in [3.63, 3.8) is 0 Å². The average molecular weight is 266 g/mol. The molecule has 0 spiro atoms. The molecule has 16 heavy (non-hydrogen) atoms. The molecule has 1 aromatic carbocycles. The molecule has 0 heterocycles. The van der Waals surface area contributed by atoms with Crippen molar-refractivity contribution in [1.82, 2.24) is 0 Å². The third-order valence-electron chi connectivity index (χ3n) is 1.76. The molecular weight excluding hydrogens is 254 g/mol. The molecule has 0 aromatic heterocycles. The summed E-state index contributed by atoms with van der Waals surface area (Å²) in [7, 11) is -9.16. The van der Waals surface area contributed by atoms with Crippen LogP contribution in [-0.2, 0) is 19.9 Å². The molecule has 0 amide bonds. The summed E-state index contributed by atoms with van der Waals surface area (Å²) in [5.74, 6) is 0. The molecule has 0 saturated heterocycles. The predicted molar refractivity (Wildman–Crippen MR) is 58.0 cm³/mol. The highest BCUT2D eigenvalue weighted by Crippen LogP contribution is 2.56. The molecule has 0 saturated carbocycles. The van der Waals surface area contributed by atoms with Gasteiger partial charge in [-0.25, -0.2) is 8.88 Å².